The van der Waals surface area contributed by atoms with Gasteiger partial charge in [-0.2, -0.15) is 0 Å². The molecule has 0 aliphatic carbocycles. The molecule has 0 spiro atoms. The average Bonchev–Trinajstić information content (AvgIpc) is 2.69. The minimum Gasteiger partial charge on any atom is -0.507 e. The number of rotatable bonds is 7. The molecule has 4 nitrogen and oxygen atoms in total. The number of aromatic hydroxyl groups is 1. The van der Waals surface area contributed by atoms with Crippen molar-refractivity contribution in [2.75, 3.05) is 26.2 Å². The van der Waals surface area contributed by atoms with Crippen LogP contribution in [0.15, 0.2) is 48.5 Å². The van der Waals surface area contributed by atoms with Crippen LogP contribution in [0.1, 0.15) is 37.4 Å². The summed E-state index contributed by atoms with van der Waals surface area (Å²) in [7, 11) is 0. The maximum absolute atomic E-state index is 10.7. The standard InChI is InChI=1S/C22H30N2O2/c1-3-17(2)22(24-13-11-23-12-14-24)20-10-9-19(15-21(20)25)26-16-18-7-5-4-6-8-18/h4-10,15,17,22-23,25H,3,11-14,16H2,1-2H3/t17?,22-/m1/s1. The molecule has 1 unspecified atom stereocenters. The lowest BCUT2D eigenvalue weighted by Crippen LogP contribution is -2.46. The Morgan fingerprint density at radius 1 is 1.12 bits per heavy atom. The van der Waals surface area contributed by atoms with E-state index in [4.69, 9.17) is 4.74 Å². The average molecular weight is 354 g/mol. The Morgan fingerprint density at radius 2 is 1.85 bits per heavy atom. The molecule has 1 heterocycles. The highest BCUT2D eigenvalue weighted by Crippen LogP contribution is 2.37. The lowest BCUT2D eigenvalue weighted by molar-refractivity contribution is 0.126. The minimum atomic E-state index is 0.241. The second-order valence-electron chi connectivity index (χ2n) is 7.11. The van der Waals surface area contributed by atoms with E-state index < -0.39 is 0 Å². The fourth-order valence-corrected chi connectivity index (χ4v) is 3.65. The second kappa shape index (κ2) is 9.06. The van der Waals surface area contributed by atoms with Crippen LogP contribution >= 0.6 is 0 Å². The van der Waals surface area contributed by atoms with Crippen molar-refractivity contribution in [1.29, 1.82) is 0 Å². The molecule has 1 aliphatic heterocycles. The van der Waals surface area contributed by atoms with E-state index in [-0.39, 0.29) is 6.04 Å². The molecule has 0 aromatic heterocycles. The van der Waals surface area contributed by atoms with Crippen LogP contribution in [0, 0.1) is 5.92 Å². The largest absolute Gasteiger partial charge is 0.507 e. The van der Waals surface area contributed by atoms with Gasteiger partial charge in [0.05, 0.1) is 0 Å². The number of hydrogen-bond acceptors (Lipinski definition) is 4. The highest BCUT2D eigenvalue weighted by atomic mass is 16.5. The molecule has 1 saturated heterocycles. The van der Waals surface area contributed by atoms with E-state index >= 15 is 0 Å². The van der Waals surface area contributed by atoms with Crippen LogP contribution < -0.4 is 10.1 Å². The van der Waals surface area contributed by atoms with Gasteiger partial charge >= 0.3 is 0 Å². The van der Waals surface area contributed by atoms with Crippen molar-refractivity contribution < 1.29 is 9.84 Å². The van der Waals surface area contributed by atoms with Gasteiger partial charge < -0.3 is 15.2 Å². The van der Waals surface area contributed by atoms with E-state index in [9.17, 15) is 5.11 Å². The van der Waals surface area contributed by atoms with Crippen LogP contribution in [-0.4, -0.2) is 36.2 Å². The van der Waals surface area contributed by atoms with Gasteiger partial charge in [-0.1, -0.05) is 56.7 Å². The van der Waals surface area contributed by atoms with E-state index in [1.165, 1.54) is 0 Å². The Morgan fingerprint density at radius 3 is 2.50 bits per heavy atom. The van der Waals surface area contributed by atoms with Gasteiger partial charge in [-0.15, -0.1) is 0 Å². The maximum atomic E-state index is 10.7. The van der Waals surface area contributed by atoms with Crippen molar-refractivity contribution in [3.63, 3.8) is 0 Å². The van der Waals surface area contributed by atoms with Gasteiger partial charge in [-0.05, 0) is 17.5 Å². The molecule has 0 saturated carbocycles. The Kier molecular flexibility index (Phi) is 6.53. The Bertz CT molecular complexity index is 684. The van der Waals surface area contributed by atoms with E-state index in [2.05, 4.69) is 24.1 Å². The number of hydrogen-bond donors (Lipinski definition) is 2. The normalized spacial score (nSPS) is 17.6. The molecule has 2 N–H and O–H groups in total. The molecular formula is C22H30N2O2. The molecule has 140 valence electrons. The highest BCUT2D eigenvalue weighted by Gasteiger charge is 2.28. The summed E-state index contributed by atoms with van der Waals surface area (Å²) in [6.45, 7) is 9.03. The van der Waals surface area contributed by atoms with Crippen molar-refractivity contribution in [3.05, 3.63) is 59.7 Å². The van der Waals surface area contributed by atoms with Crippen molar-refractivity contribution in [2.24, 2.45) is 5.92 Å². The molecule has 1 fully saturated rings. The summed E-state index contributed by atoms with van der Waals surface area (Å²) in [5, 5.41) is 14.1. The number of benzene rings is 2. The summed E-state index contributed by atoms with van der Waals surface area (Å²) in [6, 6.07) is 16.1. The maximum Gasteiger partial charge on any atom is 0.124 e. The molecule has 26 heavy (non-hydrogen) atoms. The first-order valence-electron chi connectivity index (χ1n) is 9.63. The molecular weight excluding hydrogens is 324 g/mol. The van der Waals surface area contributed by atoms with Gasteiger partial charge in [-0.25, -0.2) is 0 Å². The predicted octanol–water partition coefficient (Wildman–Crippen LogP) is 3.96. The summed E-state index contributed by atoms with van der Waals surface area (Å²) < 4.78 is 5.86. The van der Waals surface area contributed by atoms with E-state index in [0.29, 0.717) is 24.0 Å². The van der Waals surface area contributed by atoms with Crippen LogP contribution in [-0.2, 0) is 6.61 Å². The first kappa shape index (κ1) is 18.7. The zero-order valence-electron chi connectivity index (χ0n) is 15.8. The molecule has 2 atom stereocenters. The molecule has 3 rings (SSSR count). The number of ether oxygens (including phenoxy) is 1. The zero-order valence-corrected chi connectivity index (χ0v) is 15.8. The first-order chi connectivity index (χ1) is 12.7. The number of nitrogens with zero attached hydrogens (tertiary/aromatic N) is 1. The Hall–Kier alpha value is -2.04. The van der Waals surface area contributed by atoms with Crippen molar-refractivity contribution >= 4 is 0 Å². The number of phenols is 1. The van der Waals surface area contributed by atoms with Gasteiger partial charge in [0, 0.05) is 43.9 Å². The number of phenolic OH excluding ortho intramolecular Hbond substituents is 1. The molecule has 1 aliphatic rings. The third kappa shape index (κ3) is 4.57. The Balaban J connectivity index is 1.75. The van der Waals surface area contributed by atoms with Crippen LogP contribution in [0.25, 0.3) is 0 Å². The quantitative estimate of drug-likeness (QED) is 0.790. The number of piperazine rings is 1. The lowest BCUT2D eigenvalue weighted by atomic mass is 9.90. The van der Waals surface area contributed by atoms with Crippen LogP contribution in [0.5, 0.6) is 11.5 Å². The number of nitrogens with one attached hydrogen (secondary N) is 1. The predicted molar refractivity (Wildman–Crippen MR) is 106 cm³/mol. The third-order valence-electron chi connectivity index (χ3n) is 5.30. The lowest BCUT2D eigenvalue weighted by Gasteiger charge is -2.38. The SMILES string of the molecule is CCC(C)[C@H](c1ccc(OCc2ccccc2)cc1O)N1CCNCC1. The first-order valence-corrected chi connectivity index (χ1v) is 9.63. The van der Waals surface area contributed by atoms with Crippen molar-refractivity contribution in [2.45, 2.75) is 32.9 Å². The van der Waals surface area contributed by atoms with Crippen molar-refractivity contribution in [3.8, 4) is 11.5 Å². The molecule has 0 radical (unpaired) electrons. The summed E-state index contributed by atoms with van der Waals surface area (Å²) in [4.78, 5) is 2.49. The van der Waals surface area contributed by atoms with Crippen molar-refractivity contribution in [1.82, 2.24) is 10.2 Å². The summed E-state index contributed by atoms with van der Waals surface area (Å²) >= 11 is 0. The van der Waals surface area contributed by atoms with Gasteiger partial charge in [0.25, 0.3) is 0 Å². The van der Waals surface area contributed by atoms with Gasteiger partial charge in [0.1, 0.15) is 18.1 Å². The summed E-state index contributed by atoms with van der Waals surface area (Å²) in [6.07, 6.45) is 1.08. The molecule has 2 aromatic carbocycles. The van der Waals surface area contributed by atoms with Crippen LogP contribution in [0.4, 0.5) is 0 Å². The van der Waals surface area contributed by atoms with Crippen LogP contribution in [0.3, 0.4) is 0 Å². The summed E-state index contributed by atoms with van der Waals surface area (Å²) in [5.74, 6) is 1.52. The van der Waals surface area contributed by atoms with E-state index in [1.807, 2.05) is 42.5 Å². The monoisotopic (exact) mass is 354 g/mol. The highest BCUT2D eigenvalue weighted by molar-refractivity contribution is 5.42. The zero-order chi connectivity index (χ0) is 18.4. The minimum absolute atomic E-state index is 0.241. The fourth-order valence-electron chi connectivity index (χ4n) is 3.65. The second-order valence-corrected chi connectivity index (χ2v) is 7.11. The fraction of sp³-hybridized carbons (Fsp3) is 0.455. The smallest absolute Gasteiger partial charge is 0.124 e. The molecule has 0 bridgehead atoms. The van der Waals surface area contributed by atoms with E-state index in [1.54, 1.807) is 6.07 Å². The summed E-state index contributed by atoms with van der Waals surface area (Å²) in [5.41, 5.74) is 2.13. The molecule has 2 aromatic rings. The van der Waals surface area contributed by atoms with Gasteiger partial charge in [-0.3, -0.25) is 4.90 Å². The third-order valence-corrected chi connectivity index (χ3v) is 5.30. The van der Waals surface area contributed by atoms with E-state index in [0.717, 1.165) is 43.7 Å². The molecule has 4 heteroatoms. The molecule has 0 amide bonds. The Labute approximate surface area is 156 Å². The van der Waals surface area contributed by atoms with Crippen LogP contribution in [0.2, 0.25) is 0 Å². The van der Waals surface area contributed by atoms with Gasteiger partial charge in [0.15, 0.2) is 0 Å². The topological polar surface area (TPSA) is 44.7 Å². The van der Waals surface area contributed by atoms with Gasteiger partial charge in [0.2, 0.25) is 0 Å².